The second-order valence-corrected chi connectivity index (χ2v) is 5.18. The highest BCUT2D eigenvalue weighted by Crippen LogP contribution is 2.25. The van der Waals surface area contributed by atoms with Gasteiger partial charge in [0.2, 0.25) is 5.95 Å². The number of aromatic nitrogens is 1. The Morgan fingerprint density at radius 2 is 2.17 bits per heavy atom. The van der Waals surface area contributed by atoms with Crippen molar-refractivity contribution in [1.82, 2.24) is 4.98 Å². The van der Waals surface area contributed by atoms with Gasteiger partial charge in [0.1, 0.15) is 4.90 Å². The van der Waals surface area contributed by atoms with E-state index in [0.29, 0.717) is 0 Å². The third kappa shape index (κ3) is 1.94. The van der Waals surface area contributed by atoms with Crippen LogP contribution in [0.4, 0.5) is 4.39 Å². The first-order valence-electron chi connectivity index (χ1n) is 2.67. The fourth-order valence-corrected chi connectivity index (χ4v) is 2.65. The van der Waals surface area contributed by atoms with E-state index in [1.807, 2.05) is 0 Å². The van der Waals surface area contributed by atoms with Crippen molar-refractivity contribution in [3.63, 3.8) is 0 Å². The Morgan fingerprint density at radius 3 is 2.58 bits per heavy atom. The van der Waals surface area contributed by atoms with Gasteiger partial charge in [-0.2, -0.15) is 4.39 Å². The summed E-state index contributed by atoms with van der Waals surface area (Å²) >= 11 is 2.71. The molecule has 3 nitrogen and oxygen atoms in total. The first-order valence-corrected chi connectivity index (χ1v) is 5.78. The lowest BCUT2D eigenvalue weighted by molar-refractivity contribution is 0.566. The van der Waals surface area contributed by atoms with E-state index >= 15 is 0 Å². The van der Waals surface area contributed by atoms with Gasteiger partial charge in [0.15, 0.2) is 0 Å². The second kappa shape index (κ2) is 3.27. The maximum atomic E-state index is 12.6. The molecule has 1 aromatic heterocycles. The van der Waals surface area contributed by atoms with E-state index < -0.39 is 15.0 Å². The van der Waals surface area contributed by atoms with Gasteiger partial charge in [-0.15, -0.1) is 0 Å². The normalized spacial score (nSPS) is 11.6. The van der Waals surface area contributed by atoms with E-state index in [1.54, 1.807) is 0 Å². The van der Waals surface area contributed by atoms with Gasteiger partial charge >= 0.3 is 0 Å². The third-order valence-electron chi connectivity index (χ3n) is 1.07. The van der Waals surface area contributed by atoms with Gasteiger partial charge in [-0.3, -0.25) is 0 Å². The zero-order valence-corrected chi connectivity index (χ0v) is 8.62. The summed E-state index contributed by atoms with van der Waals surface area (Å²) in [6, 6.07) is 1.11. The molecule has 1 heterocycles. The molecule has 0 amide bonds. The SMILES string of the molecule is O=S(=O)(Cl)c1ccnc(F)c1Br. The molecular weight excluding hydrogens is 272 g/mol. The van der Waals surface area contributed by atoms with Crippen molar-refractivity contribution in [2.45, 2.75) is 4.90 Å². The van der Waals surface area contributed by atoms with Crippen LogP contribution in [0.5, 0.6) is 0 Å². The summed E-state index contributed by atoms with van der Waals surface area (Å²) in [5, 5.41) is 0. The lowest BCUT2D eigenvalue weighted by Gasteiger charge is -1.98. The van der Waals surface area contributed by atoms with Gasteiger partial charge in [0.25, 0.3) is 9.05 Å². The molecule has 66 valence electrons. The van der Waals surface area contributed by atoms with E-state index in [4.69, 9.17) is 10.7 Å². The molecule has 0 aliphatic heterocycles. The molecule has 7 heteroatoms. The first-order chi connectivity index (χ1) is 5.43. The van der Waals surface area contributed by atoms with Crippen LogP contribution in [-0.2, 0) is 9.05 Å². The molecule has 0 saturated carbocycles. The minimum Gasteiger partial charge on any atom is -0.227 e. The minimum absolute atomic E-state index is 0.250. The van der Waals surface area contributed by atoms with Crippen molar-refractivity contribution in [2.24, 2.45) is 0 Å². The summed E-state index contributed by atoms with van der Waals surface area (Å²) < 4.78 is 33.9. The average molecular weight is 274 g/mol. The van der Waals surface area contributed by atoms with E-state index in [9.17, 15) is 12.8 Å². The van der Waals surface area contributed by atoms with Crippen molar-refractivity contribution >= 4 is 35.7 Å². The topological polar surface area (TPSA) is 47.0 Å². The Morgan fingerprint density at radius 1 is 1.58 bits per heavy atom. The lowest BCUT2D eigenvalue weighted by atomic mass is 10.5. The Balaban J connectivity index is 3.47. The van der Waals surface area contributed by atoms with Crippen molar-refractivity contribution in [3.8, 4) is 0 Å². The molecule has 12 heavy (non-hydrogen) atoms. The quantitative estimate of drug-likeness (QED) is 0.580. The molecule has 0 spiro atoms. The largest absolute Gasteiger partial charge is 0.262 e. The number of hydrogen-bond donors (Lipinski definition) is 0. The Hall–Kier alpha value is -0.200. The Bertz CT molecular complexity index is 408. The number of hydrogen-bond acceptors (Lipinski definition) is 3. The Labute approximate surface area is 81.1 Å². The number of pyridine rings is 1. The summed E-state index contributed by atoms with van der Waals surface area (Å²) in [5.74, 6) is -0.906. The van der Waals surface area contributed by atoms with Crippen molar-refractivity contribution in [2.75, 3.05) is 0 Å². The van der Waals surface area contributed by atoms with Gasteiger partial charge in [-0.1, -0.05) is 0 Å². The van der Waals surface area contributed by atoms with Crippen molar-refractivity contribution < 1.29 is 12.8 Å². The molecule has 0 radical (unpaired) electrons. The third-order valence-corrected chi connectivity index (χ3v) is 3.45. The number of halogens is 3. The molecule has 0 unspecified atom stereocenters. The van der Waals surface area contributed by atoms with Crippen LogP contribution in [0.3, 0.4) is 0 Å². The zero-order chi connectivity index (χ0) is 9.35. The summed E-state index contributed by atoms with van der Waals surface area (Å²) in [6.45, 7) is 0. The van der Waals surface area contributed by atoms with E-state index in [2.05, 4.69) is 20.9 Å². The second-order valence-electron chi connectivity index (χ2n) is 1.85. The molecule has 0 atom stereocenters. The fourth-order valence-electron chi connectivity index (χ4n) is 0.590. The molecule has 0 aliphatic rings. The predicted molar refractivity (Wildman–Crippen MR) is 44.9 cm³/mol. The summed E-state index contributed by atoms with van der Waals surface area (Å²) in [4.78, 5) is 2.89. The molecule has 0 bridgehead atoms. The van der Waals surface area contributed by atoms with E-state index in [1.165, 1.54) is 0 Å². The fraction of sp³-hybridized carbons (Fsp3) is 0. The smallest absolute Gasteiger partial charge is 0.227 e. The standard InChI is InChI=1S/C5H2BrClFNO2S/c6-4-3(12(7,10)11)1-2-9-5(4)8/h1-2H. The minimum atomic E-state index is -3.91. The summed E-state index contributed by atoms with van der Waals surface area (Å²) in [5.41, 5.74) is 0. The summed E-state index contributed by atoms with van der Waals surface area (Å²) in [6.07, 6.45) is 1.02. The van der Waals surface area contributed by atoms with Gasteiger partial charge in [0, 0.05) is 16.9 Å². The predicted octanol–water partition coefficient (Wildman–Crippen LogP) is 1.91. The average Bonchev–Trinajstić information content (AvgIpc) is 1.92. The lowest BCUT2D eigenvalue weighted by Crippen LogP contribution is -1.95. The molecule has 0 fully saturated rings. The van der Waals surface area contributed by atoms with Crippen LogP contribution in [0, 0.1) is 5.95 Å². The van der Waals surface area contributed by atoms with Crippen molar-refractivity contribution in [1.29, 1.82) is 0 Å². The van der Waals surface area contributed by atoms with Crippen LogP contribution >= 0.6 is 26.6 Å². The highest BCUT2D eigenvalue weighted by molar-refractivity contribution is 9.10. The van der Waals surface area contributed by atoms with Crippen LogP contribution in [0.2, 0.25) is 0 Å². The van der Waals surface area contributed by atoms with Crippen LogP contribution < -0.4 is 0 Å². The molecule has 0 aromatic carbocycles. The highest BCUT2D eigenvalue weighted by atomic mass is 79.9. The molecule has 1 rings (SSSR count). The molecule has 0 N–H and O–H groups in total. The van der Waals surface area contributed by atoms with Crippen LogP contribution in [0.25, 0.3) is 0 Å². The van der Waals surface area contributed by atoms with Gasteiger partial charge in [-0.25, -0.2) is 13.4 Å². The van der Waals surface area contributed by atoms with Gasteiger partial charge in [-0.05, 0) is 22.0 Å². The molecular formula is C5H2BrClFNO2S. The number of rotatable bonds is 1. The van der Waals surface area contributed by atoms with Crippen LogP contribution in [0.1, 0.15) is 0 Å². The highest BCUT2D eigenvalue weighted by Gasteiger charge is 2.17. The molecule has 0 aliphatic carbocycles. The molecule has 1 aromatic rings. The number of nitrogens with zero attached hydrogens (tertiary/aromatic N) is 1. The van der Waals surface area contributed by atoms with Crippen LogP contribution in [0.15, 0.2) is 21.6 Å². The van der Waals surface area contributed by atoms with Gasteiger partial charge < -0.3 is 0 Å². The van der Waals surface area contributed by atoms with Crippen molar-refractivity contribution in [3.05, 3.63) is 22.7 Å². The molecule has 0 saturated heterocycles. The van der Waals surface area contributed by atoms with Crippen LogP contribution in [-0.4, -0.2) is 13.4 Å². The van der Waals surface area contributed by atoms with Gasteiger partial charge in [0.05, 0.1) is 4.47 Å². The Kier molecular flexibility index (Phi) is 2.70. The van der Waals surface area contributed by atoms with E-state index in [0.717, 1.165) is 12.3 Å². The maximum Gasteiger partial charge on any atom is 0.262 e. The maximum absolute atomic E-state index is 12.6. The van der Waals surface area contributed by atoms with E-state index in [-0.39, 0.29) is 9.37 Å². The zero-order valence-electron chi connectivity index (χ0n) is 5.46. The monoisotopic (exact) mass is 273 g/mol. The first kappa shape index (κ1) is 9.88. The summed E-state index contributed by atoms with van der Waals surface area (Å²) in [7, 11) is 1.07.